The molecule has 2 amide bonds. The van der Waals surface area contributed by atoms with Gasteiger partial charge >= 0.3 is 0 Å². The van der Waals surface area contributed by atoms with Crippen LogP contribution in [0, 0.1) is 17.1 Å². The number of carbonyl (C=O) groups is 2. The van der Waals surface area contributed by atoms with E-state index in [2.05, 4.69) is 15.6 Å². The molecule has 0 aliphatic heterocycles. The highest BCUT2D eigenvalue weighted by Gasteiger charge is 2.13. The van der Waals surface area contributed by atoms with Crippen LogP contribution in [-0.2, 0) is 0 Å². The van der Waals surface area contributed by atoms with Gasteiger partial charge in [0.25, 0.3) is 11.8 Å². The molecule has 2 N–H and O–H groups in total. The van der Waals surface area contributed by atoms with Crippen LogP contribution in [0.2, 0.25) is 0 Å². The summed E-state index contributed by atoms with van der Waals surface area (Å²) >= 11 is 0. The molecule has 0 aliphatic rings. The summed E-state index contributed by atoms with van der Waals surface area (Å²) in [5.41, 5.74) is 1.39. The summed E-state index contributed by atoms with van der Waals surface area (Å²) in [6, 6.07) is 16.7. The first-order valence-electron chi connectivity index (χ1n) is 7.89. The molecule has 1 heterocycles. The Balaban J connectivity index is 1.75. The third kappa shape index (κ3) is 4.52. The number of hydrogen-bond donors (Lipinski definition) is 2. The Hall–Kier alpha value is -4.05. The zero-order valence-electron chi connectivity index (χ0n) is 13.9. The maximum atomic E-state index is 13.2. The minimum Gasteiger partial charge on any atom is -0.322 e. The van der Waals surface area contributed by atoms with Crippen LogP contribution in [0.15, 0.2) is 66.9 Å². The standard InChI is InChI=1S/C20H13FN4O2/c21-15-4-2-6-17(11-15)25-20(27)18-10-14(7-8-23-18)19(26)24-16-5-1-3-13(9-16)12-22/h1-11H,(H,24,26)(H,25,27). The van der Waals surface area contributed by atoms with Crippen molar-refractivity contribution in [1.82, 2.24) is 4.98 Å². The van der Waals surface area contributed by atoms with Crippen LogP contribution < -0.4 is 10.6 Å². The molecule has 0 fully saturated rings. The number of nitrogens with zero attached hydrogens (tertiary/aromatic N) is 2. The summed E-state index contributed by atoms with van der Waals surface area (Å²) in [4.78, 5) is 28.6. The molecule has 0 unspecified atom stereocenters. The average molecular weight is 360 g/mol. The van der Waals surface area contributed by atoms with Crippen molar-refractivity contribution in [3.8, 4) is 6.07 Å². The molecule has 0 spiro atoms. The molecule has 7 heteroatoms. The van der Waals surface area contributed by atoms with Crippen LogP contribution in [0.5, 0.6) is 0 Å². The molecule has 27 heavy (non-hydrogen) atoms. The fourth-order valence-corrected chi connectivity index (χ4v) is 2.33. The van der Waals surface area contributed by atoms with Crippen molar-refractivity contribution in [3.05, 3.63) is 89.5 Å². The number of amides is 2. The molecule has 3 rings (SSSR count). The minimum absolute atomic E-state index is 0.0117. The smallest absolute Gasteiger partial charge is 0.274 e. The lowest BCUT2D eigenvalue weighted by Gasteiger charge is -2.08. The minimum atomic E-state index is -0.568. The van der Waals surface area contributed by atoms with Crippen LogP contribution in [0.1, 0.15) is 26.4 Å². The van der Waals surface area contributed by atoms with Gasteiger partial charge in [0, 0.05) is 23.1 Å². The van der Waals surface area contributed by atoms with Gasteiger partial charge in [0.1, 0.15) is 11.5 Å². The van der Waals surface area contributed by atoms with Crippen molar-refractivity contribution in [3.63, 3.8) is 0 Å². The molecule has 1 aromatic heterocycles. The first-order valence-corrected chi connectivity index (χ1v) is 7.89. The van der Waals surface area contributed by atoms with Crippen LogP contribution in [-0.4, -0.2) is 16.8 Å². The number of halogens is 1. The lowest BCUT2D eigenvalue weighted by Crippen LogP contribution is -2.17. The summed E-state index contributed by atoms with van der Waals surface area (Å²) in [5, 5.41) is 14.1. The number of hydrogen-bond acceptors (Lipinski definition) is 4. The Kier molecular flexibility index (Phi) is 5.19. The quantitative estimate of drug-likeness (QED) is 0.743. The number of carbonyl (C=O) groups excluding carboxylic acids is 2. The van der Waals surface area contributed by atoms with Gasteiger partial charge in [-0.25, -0.2) is 4.39 Å². The first-order chi connectivity index (χ1) is 13.0. The van der Waals surface area contributed by atoms with E-state index >= 15 is 0 Å². The Bertz CT molecular complexity index is 1060. The lowest BCUT2D eigenvalue weighted by molar-refractivity contribution is 0.102. The second kappa shape index (κ2) is 7.89. The van der Waals surface area contributed by atoms with Gasteiger partial charge in [0.05, 0.1) is 11.6 Å². The highest BCUT2D eigenvalue weighted by atomic mass is 19.1. The Morgan fingerprint density at radius 1 is 0.926 bits per heavy atom. The molecular formula is C20H13FN4O2. The van der Waals surface area contributed by atoms with E-state index in [1.807, 2.05) is 6.07 Å². The van der Waals surface area contributed by atoms with Gasteiger partial charge in [0.15, 0.2) is 0 Å². The van der Waals surface area contributed by atoms with Crippen molar-refractivity contribution in [1.29, 1.82) is 5.26 Å². The highest BCUT2D eigenvalue weighted by molar-refractivity contribution is 6.07. The molecule has 2 aromatic carbocycles. The van der Waals surface area contributed by atoms with E-state index in [9.17, 15) is 14.0 Å². The number of rotatable bonds is 4. The van der Waals surface area contributed by atoms with Crippen molar-refractivity contribution >= 4 is 23.2 Å². The number of benzene rings is 2. The Labute approximate surface area is 154 Å². The molecule has 0 bridgehead atoms. The number of nitrogens with one attached hydrogen (secondary N) is 2. The van der Waals surface area contributed by atoms with E-state index in [1.165, 1.54) is 42.6 Å². The second-order valence-electron chi connectivity index (χ2n) is 5.54. The summed E-state index contributed by atoms with van der Waals surface area (Å²) in [7, 11) is 0. The molecule has 0 radical (unpaired) electrons. The largest absolute Gasteiger partial charge is 0.322 e. The number of nitriles is 1. The van der Waals surface area contributed by atoms with Crippen LogP contribution >= 0.6 is 0 Å². The van der Waals surface area contributed by atoms with Gasteiger partial charge in [-0.05, 0) is 48.5 Å². The predicted molar refractivity (Wildman–Crippen MR) is 97.7 cm³/mol. The SMILES string of the molecule is N#Cc1cccc(NC(=O)c2ccnc(C(=O)Nc3cccc(F)c3)c2)c1. The molecule has 0 atom stereocenters. The molecule has 0 saturated heterocycles. The molecule has 0 aliphatic carbocycles. The fraction of sp³-hybridized carbons (Fsp3) is 0. The van der Waals surface area contributed by atoms with E-state index in [4.69, 9.17) is 5.26 Å². The average Bonchev–Trinajstić information content (AvgIpc) is 2.68. The number of aromatic nitrogens is 1. The summed E-state index contributed by atoms with van der Waals surface area (Å²) in [6.07, 6.45) is 1.33. The molecular weight excluding hydrogens is 347 g/mol. The third-order valence-electron chi connectivity index (χ3n) is 3.59. The zero-order valence-corrected chi connectivity index (χ0v) is 13.9. The van der Waals surface area contributed by atoms with Gasteiger partial charge in [-0.2, -0.15) is 5.26 Å². The van der Waals surface area contributed by atoms with E-state index in [-0.39, 0.29) is 16.9 Å². The van der Waals surface area contributed by atoms with Crippen LogP contribution in [0.4, 0.5) is 15.8 Å². The van der Waals surface area contributed by atoms with Crippen LogP contribution in [0.25, 0.3) is 0 Å². The monoisotopic (exact) mass is 360 g/mol. The maximum absolute atomic E-state index is 13.2. The van der Waals surface area contributed by atoms with Gasteiger partial charge in [-0.1, -0.05) is 12.1 Å². The van der Waals surface area contributed by atoms with Crippen molar-refractivity contribution in [2.24, 2.45) is 0 Å². The fourth-order valence-electron chi connectivity index (χ4n) is 2.33. The topological polar surface area (TPSA) is 94.9 Å². The number of pyridine rings is 1. The van der Waals surface area contributed by atoms with E-state index in [0.717, 1.165) is 0 Å². The van der Waals surface area contributed by atoms with Crippen molar-refractivity contribution in [2.75, 3.05) is 10.6 Å². The van der Waals surface area contributed by atoms with Gasteiger partial charge in [-0.15, -0.1) is 0 Å². The normalized spacial score (nSPS) is 9.93. The summed E-state index contributed by atoms with van der Waals surface area (Å²) in [5.74, 6) is -1.50. The molecule has 132 valence electrons. The van der Waals surface area contributed by atoms with Gasteiger partial charge in [0.2, 0.25) is 0 Å². The van der Waals surface area contributed by atoms with Crippen LogP contribution in [0.3, 0.4) is 0 Å². The van der Waals surface area contributed by atoms with Crippen molar-refractivity contribution in [2.45, 2.75) is 0 Å². The Morgan fingerprint density at radius 3 is 2.37 bits per heavy atom. The van der Waals surface area contributed by atoms with Gasteiger partial charge < -0.3 is 10.6 Å². The highest BCUT2D eigenvalue weighted by Crippen LogP contribution is 2.14. The second-order valence-corrected chi connectivity index (χ2v) is 5.54. The summed E-state index contributed by atoms with van der Waals surface area (Å²) < 4.78 is 13.2. The predicted octanol–water partition coefficient (Wildman–Crippen LogP) is 3.60. The van der Waals surface area contributed by atoms with E-state index < -0.39 is 17.6 Å². The zero-order chi connectivity index (χ0) is 19.2. The number of anilines is 2. The third-order valence-corrected chi connectivity index (χ3v) is 3.59. The maximum Gasteiger partial charge on any atom is 0.274 e. The lowest BCUT2D eigenvalue weighted by atomic mass is 10.2. The molecule has 6 nitrogen and oxygen atoms in total. The van der Waals surface area contributed by atoms with Gasteiger partial charge in [-0.3, -0.25) is 14.6 Å². The molecule has 3 aromatic rings. The van der Waals surface area contributed by atoms with Crippen molar-refractivity contribution < 1.29 is 14.0 Å². The first kappa shape index (κ1) is 17.8. The Morgan fingerprint density at radius 2 is 1.63 bits per heavy atom. The summed E-state index contributed by atoms with van der Waals surface area (Å²) in [6.45, 7) is 0. The van der Waals surface area contributed by atoms with E-state index in [1.54, 1.807) is 24.3 Å². The molecule has 0 saturated carbocycles. The van der Waals surface area contributed by atoms with E-state index in [0.29, 0.717) is 11.3 Å².